The molecule has 0 spiro atoms. The van der Waals surface area contributed by atoms with E-state index >= 15 is 0 Å². The maximum atomic E-state index is 13.0. The zero-order valence-electron chi connectivity index (χ0n) is 14.5. The van der Waals surface area contributed by atoms with Crippen LogP contribution in [0.4, 0.5) is 19.0 Å². The first-order valence-electron chi connectivity index (χ1n) is 8.13. The summed E-state index contributed by atoms with van der Waals surface area (Å²) in [6.07, 6.45) is -3.19. The first-order valence-corrected chi connectivity index (χ1v) is 8.51. The summed E-state index contributed by atoms with van der Waals surface area (Å²) in [6.45, 7) is 0.268. The van der Waals surface area contributed by atoms with Crippen LogP contribution in [0.1, 0.15) is 16.7 Å². The lowest BCUT2D eigenvalue weighted by atomic mass is 10.1. The van der Waals surface area contributed by atoms with E-state index in [9.17, 15) is 23.2 Å². The van der Waals surface area contributed by atoms with Crippen molar-refractivity contribution in [1.29, 1.82) is 5.26 Å². The first kappa shape index (κ1) is 20.2. The van der Waals surface area contributed by atoms with Crippen LogP contribution in [0, 0.1) is 11.3 Å². The Bertz CT molecular complexity index is 1140. The van der Waals surface area contributed by atoms with Crippen LogP contribution in [0.15, 0.2) is 53.5 Å². The number of nitriles is 1. The van der Waals surface area contributed by atoms with Gasteiger partial charge in [0.05, 0.1) is 16.1 Å². The molecule has 29 heavy (non-hydrogen) atoms. The quantitative estimate of drug-likeness (QED) is 0.623. The third kappa shape index (κ3) is 5.06. The smallest absolute Gasteiger partial charge is 0.417 e. The third-order valence-corrected chi connectivity index (χ3v) is 4.11. The van der Waals surface area contributed by atoms with Crippen molar-refractivity contribution in [2.24, 2.45) is 0 Å². The van der Waals surface area contributed by atoms with Crippen LogP contribution in [-0.2, 0) is 12.7 Å². The van der Waals surface area contributed by atoms with Crippen LogP contribution in [0.5, 0.6) is 11.5 Å². The molecule has 148 valence electrons. The Balaban J connectivity index is 1.79. The molecule has 0 aliphatic heterocycles. The number of rotatable bonds is 5. The van der Waals surface area contributed by atoms with Gasteiger partial charge < -0.3 is 15.0 Å². The second-order valence-electron chi connectivity index (χ2n) is 5.82. The topological polar surface area (TPSA) is 90.8 Å². The van der Waals surface area contributed by atoms with Crippen LogP contribution in [0.3, 0.4) is 0 Å². The van der Waals surface area contributed by atoms with E-state index in [2.05, 4.69) is 15.3 Å². The molecule has 6 nitrogen and oxygen atoms in total. The second-order valence-corrected chi connectivity index (χ2v) is 6.22. The van der Waals surface area contributed by atoms with Crippen molar-refractivity contribution in [3.63, 3.8) is 0 Å². The van der Waals surface area contributed by atoms with Crippen LogP contribution in [0.2, 0.25) is 5.02 Å². The fourth-order valence-corrected chi connectivity index (χ4v) is 2.66. The van der Waals surface area contributed by atoms with E-state index in [0.29, 0.717) is 11.4 Å². The molecule has 2 aromatic carbocycles. The minimum Gasteiger partial charge on any atom is -0.456 e. The van der Waals surface area contributed by atoms with Gasteiger partial charge >= 0.3 is 11.9 Å². The largest absolute Gasteiger partial charge is 0.456 e. The van der Waals surface area contributed by atoms with Gasteiger partial charge in [-0.05, 0) is 42.0 Å². The van der Waals surface area contributed by atoms with E-state index in [1.54, 1.807) is 12.1 Å². The predicted molar refractivity (Wildman–Crippen MR) is 99.9 cm³/mol. The van der Waals surface area contributed by atoms with Crippen molar-refractivity contribution in [1.82, 2.24) is 9.97 Å². The lowest BCUT2D eigenvalue weighted by Crippen LogP contribution is -2.12. The number of aromatic nitrogens is 2. The molecule has 0 fully saturated rings. The molecule has 0 aliphatic rings. The number of nitrogens with zero attached hydrogens (tertiary/aromatic N) is 2. The lowest BCUT2D eigenvalue weighted by Gasteiger charge is -2.13. The standard InChI is InChI=1S/C19H12ClF3N4O2/c20-15-3-2-13(8-14(15)19(21,22)23)29-16-4-1-11(7-12(16)9-24)10-26-17-5-6-25-18(28)27-17/h1-8H,10H2,(H2,25,26,27,28). The molecular weight excluding hydrogens is 409 g/mol. The summed E-state index contributed by atoms with van der Waals surface area (Å²) in [5, 5.41) is 11.8. The maximum absolute atomic E-state index is 13.0. The number of alkyl halides is 3. The van der Waals surface area contributed by atoms with Gasteiger partial charge in [0.15, 0.2) is 0 Å². The molecule has 0 radical (unpaired) electrons. The summed E-state index contributed by atoms with van der Waals surface area (Å²) < 4.78 is 44.4. The van der Waals surface area contributed by atoms with Crippen molar-refractivity contribution in [3.05, 3.63) is 80.9 Å². The fraction of sp³-hybridized carbons (Fsp3) is 0.105. The van der Waals surface area contributed by atoms with Gasteiger partial charge in [0.25, 0.3) is 0 Å². The van der Waals surface area contributed by atoms with Gasteiger partial charge in [0.2, 0.25) is 0 Å². The monoisotopic (exact) mass is 420 g/mol. The number of H-pyrrole nitrogens is 1. The Morgan fingerprint density at radius 1 is 1.21 bits per heavy atom. The molecule has 1 heterocycles. The first-order chi connectivity index (χ1) is 13.8. The highest BCUT2D eigenvalue weighted by molar-refractivity contribution is 6.31. The highest BCUT2D eigenvalue weighted by Crippen LogP contribution is 2.38. The number of hydrogen-bond acceptors (Lipinski definition) is 5. The Hall–Kier alpha value is -3.51. The zero-order valence-corrected chi connectivity index (χ0v) is 15.3. The summed E-state index contributed by atoms with van der Waals surface area (Å²) in [7, 11) is 0. The number of ether oxygens (including phenoxy) is 1. The van der Waals surface area contributed by atoms with Gasteiger partial charge in [-0.25, -0.2) is 4.79 Å². The van der Waals surface area contributed by atoms with E-state index in [1.807, 2.05) is 6.07 Å². The molecule has 0 saturated carbocycles. The predicted octanol–water partition coefficient (Wildman–Crippen LogP) is 4.72. The van der Waals surface area contributed by atoms with Crippen molar-refractivity contribution < 1.29 is 17.9 Å². The average Bonchev–Trinajstić information content (AvgIpc) is 2.68. The Kier molecular flexibility index (Phi) is 5.75. The molecule has 3 rings (SSSR count). The molecule has 0 saturated heterocycles. The normalized spacial score (nSPS) is 11.0. The maximum Gasteiger partial charge on any atom is 0.417 e. The summed E-state index contributed by atoms with van der Waals surface area (Å²) in [6, 6.07) is 11.3. The van der Waals surface area contributed by atoms with Crippen LogP contribution in [0.25, 0.3) is 0 Å². The van der Waals surface area contributed by atoms with Crippen LogP contribution >= 0.6 is 11.6 Å². The number of hydrogen-bond donors (Lipinski definition) is 2. The molecule has 3 aromatic rings. The molecule has 0 unspecified atom stereocenters. The van der Waals surface area contributed by atoms with E-state index in [4.69, 9.17) is 16.3 Å². The highest BCUT2D eigenvalue weighted by atomic mass is 35.5. The van der Waals surface area contributed by atoms with Gasteiger partial charge in [-0.15, -0.1) is 0 Å². The van der Waals surface area contributed by atoms with Gasteiger partial charge in [-0.1, -0.05) is 17.7 Å². The van der Waals surface area contributed by atoms with Crippen LogP contribution < -0.4 is 15.7 Å². The zero-order chi connectivity index (χ0) is 21.0. The average molecular weight is 421 g/mol. The van der Waals surface area contributed by atoms with Crippen molar-refractivity contribution in [2.75, 3.05) is 5.32 Å². The number of halogens is 4. The molecule has 0 atom stereocenters. The van der Waals surface area contributed by atoms with Crippen LogP contribution in [-0.4, -0.2) is 9.97 Å². The van der Waals surface area contributed by atoms with Gasteiger partial charge in [-0.2, -0.15) is 23.4 Å². The Morgan fingerprint density at radius 3 is 2.69 bits per heavy atom. The summed E-state index contributed by atoms with van der Waals surface area (Å²) in [5.41, 5.74) is -0.714. The summed E-state index contributed by atoms with van der Waals surface area (Å²) in [4.78, 5) is 17.3. The number of aromatic amines is 1. The van der Waals surface area contributed by atoms with Crippen molar-refractivity contribution in [3.8, 4) is 17.6 Å². The second kappa shape index (κ2) is 8.24. The fourth-order valence-electron chi connectivity index (χ4n) is 2.44. The third-order valence-electron chi connectivity index (χ3n) is 3.78. The number of anilines is 1. The van der Waals surface area contributed by atoms with E-state index in [1.165, 1.54) is 24.4 Å². The molecular formula is C19H12ClF3N4O2. The molecule has 0 aliphatic carbocycles. The molecule has 1 aromatic heterocycles. The Morgan fingerprint density at radius 2 is 2.00 bits per heavy atom. The van der Waals surface area contributed by atoms with E-state index < -0.39 is 22.5 Å². The lowest BCUT2D eigenvalue weighted by molar-refractivity contribution is -0.137. The molecule has 2 N–H and O–H groups in total. The van der Waals surface area contributed by atoms with E-state index in [0.717, 1.165) is 12.1 Å². The molecule has 10 heteroatoms. The SMILES string of the molecule is N#Cc1cc(CNc2cc[nH]c(=O)n2)ccc1Oc1ccc(Cl)c(C(F)(F)F)c1. The number of benzene rings is 2. The van der Waals surface area contributed by atoms with Gasteiger partial charge in [0, 0.05) is 12.7 Å². The van der Waals surface area contributed by atoms with Crippen molar-refractivity contribution in [2.45, 2.75) is 12.7 Å². The van der Waals surface area contributed by atoms with Gasteiger partial charge in [-0.3, -0.25) is 0 Å². The van der Waals surface area contributed by atoms with E-state index in [-0.39, 0.29) is 23.6 Å². The summed E-state index contributed by atoms with van der Waals surface area (Å²) >= 11 is 5.60. The summed E-state index contributed by atoms with van der Waals surface area (Å²) in [5.74, 6) is 0.353. The highest BCUT2D eigenvalue weighted by Gasteiger charge is 2.33. The minimum absolute atomic E-state index is 0.0981. The Labute approximate surface area is 167 Å². The van der Waals surface area contributed by atoms with Crippen molar-refractivity contribution >= 4 is 17.4 Å². The van der Waals surface area contributed by atoms with Gasteiger partial charge in [0.1, 0.15) is 23.4 Å². The number of nitrogens with one attached hydrogen (secondary N) is 2. The minimum atomic E-state index is -4.63. The molecule has 0 amide bonds. The molecule has 0 bridgehead atoms.